The number of carbonyl (C=O) groups is 2. The lowest BCUT2D eigenvalue weighted by Gasteiger charge is -2.16. The third-order valence-electron chi connectivity index (χ3n) is 7.16. The van der Waals surface area contributed by atoms with Crippen LogP contribution in [0.2, 0.25) is 0 Å². The number of anilines is 2. The lowest BCUT2D eigenvalue weighted by atomic mass is 9.99. The fraction of sp³-hybridized carbons (Fsp3) is 0.290. The highest BCUT2D eigenvalue weighted by molar-refractivity contribution is 6.21. The van der Waals surface area contributed by atoms with Crippen molar-refractivity contribution in [3.8, 4) is 11.5 Å². The van der Waals surface area contributed by atoms with E-state index in [9.17, 15) is 9.59 Å². The Morgan fingerprint density at radius 1 is 0.703 bits per heavy atom. The van der Waals surface area contributed by atoms with Gasteiger partial charge in [0.05, 0.1) is 11.1 Å². The average molecular weight is 497 g/mol. The van der Waals surface area contributed by atoms with Crippen molar-refractivity contribution in [2.24, 2.45) is 0 Å². The van der Waals surface area contributed by atoms with Gasteiger partial charge in [-0.3, -0.25) is 0 Å². The number of fused-ring (bicyclic) bond motifs is 2. The van der Waals surface area contributed by atoms with Crippen molar-refractivity contribution in [3.05, 3.63) is 81.7 Å². The van der Waals surface area contributed by atoms with E-state index < -0.39 is 11.9 Å². The van der Waals surface area contributed by atoms with E-state index in [1.165, 1.54) is 0 Å². The first-order valence-electron chi connectivity index (χ1n) is 12.9. The maximum absolute atomic E-state index is 13.0. The highest BCUT2D eigenvalue weighted by Gasteiger charge is 2.30. The van der Waals surface area contributed by atoms with E-state index in [1.807, 2.05) is 49.4 Å². The van der Waals surface area contributed by atoms with Gasteiger partial charge in [0.2, 0.25) is 0 Å². The number of hydrogen-bond donors (Lipinski definition) is 2. The molecule has 0 saturated heterocycles. The van der Waals surface area contributed by atoms with Crippen molar-refractivity contribution in [3.63, 3.8) is 0 Å². The van der Waals surface area contributed by atoms with Crippen LogP contribution in [0.5, 0.6) is 11.5 Å². The predicted octanol–water partition coefficient (Wildman–Crippen LogP) is 4.65. The first-order chi connectivity index (χ1) is 17.8. The molecule has 3 aromatic carbocycles. The van der Waals surface area contributed by atoms with Gasteiger partial charge < -0.3 is 20.1 Å². The quantitative estimate of drug-likeness (QED) is 0.349. The lowest BCUT2D eigenvalue weighted by molar-refractivity contribution is -0.128. The molecule has 3 aromatic rings. The van der Waals surface area contributed by atoms with Crippen LogP contribution in [0.15, 0.2) is 54.6 Å². The molecule has 2 unspecified atom stereocenters. The van der Waals surface area contributed by atoms with Gasteiger partial charge >= 0.3 is 11.9 Å². The van der Waals surface area contributed by atoms with Crippen LogP contribution in [0.3, 0.4) is 0 Å². The summed E-state index contributed by atoms with van der Waals surface area (Å²) in [5.41, 5.74) is 5.54. The van der Waals surface area contributed by atoms with Crippen molar-refractivity contribution in [2.45, 2.75) is 59.5 Å². The van der Waals surface area contributed by atoms with Gasteiger partial charge in [0, 0.05) is 33.9 Å². The SMILES string of the molecule is CCC(C)Nc1ccc(C2=c3cc4c(cc3OC2=O)=C(c2ccc(NC(C)CC)c(C)c2)C(=O)O4)cc1. The standard InChI is InChI=1S/C31H32N2O4/c1-6-18(4)32-22-11-8-20(9-12-22)28-23-15-27-24(16-26(23)36-30(28)34)29(31(35)37-27)21-10-13-25(17(3)14-21)33-19(5)7-2/h8-16,18-19,32-33H,6-7H2,1-5H3. The van der Waals surface area contributed by atoms with E-state index in [-0.39, 0.29) is 0 Å². The van der Waals surface area contributed by atoms with E-state index in [4.69, 9.17) is 9.47 Å². The zero-order valence-corrected chi connectivity index (χ0v) is 21.9. The summed E-state index contributed by atoms with van der Waals surface area (Å²) in [5, 5.41) is 8.18. The molecule has 2 N–H and O–H groups in total. The Hall–Kier alpha value is -4.06. The lowest BCUT2D eigenvalue weighted by Crippen LogP contribution is -2.15. The molecule has 2 aliphatic rings. The number of aryl methyl sites for hydroxylation is 1. The molecular weight excluding hydrogens is 464 g/mol. The Kier molecular flexibility index (Phi) is 6.50. The highest BCUT2D eigenvalue weighted by atomic mass is 16.5. The molecule has 0 aromatic heterocycles. The van der Waals surface area contributed by atoms with Gasteiger partial charge in [-0.2, -0.15) is 0 Å². The summed E-state index contributed by atoms with van der Waals surface area (Å²) in [5.74, 6) is 0.0479. The number of nitrogens with one attached hydrogen (secondary N) is 2. The number of ether oxygens (including phenoxy) is 2. The monoisotopic (exact) mass is 496 g/mol. The molecule has 0 amide bonds. The number of rotatable bonds is 8. The zero-order chi connectivity index (χ0) is 26.3. The fourth-order valence-corrected chi connectivity index (χ4v) is 4.66. The molecule has 6 nitrogen and oxygen atoms in total. The topological polar surface area (TPSA) is 76.7 Å². The molecule has 37 heavy (non-hydrogen) atoms. The predicted molar refractivity (Wildman–Crippen MR) is 146 cm³/mol. The van der Waals surface area contributed by atoms with Crippen LogP contribution < -0.4 is 30.5 Å². The molecule has 190 valence electrons. The smallest absolute Gasteiger partial charge is 0.344 e. The molecule has 0 fully saturated rings. The molecule has 2 heterocycles. The van der Waals surface area contributed by atoms with Crippen LogP contribution >= 0.6 is 0 Å². The summed E-state index contributed by atoms with van der Waals surface area (Å²) < 4.78 is 11.3. The third kappa shape index (κ3) is 4.59. The van der Waals surface area contributed by atoms with E-state index in [1.54, 1.807) is 12.1 Å². The van der Waals surface area contributed by atoms with Gasteiger partial charge in [-0.25, -0.2) is 9.59 Å². The molecule has 2 atom stereocenters. The fourth-order valence-electron chi connectivity index (χ4n) is 4.66. The minimum Gasteiger partial charge on any atom is -0.422 e. The molecule has 0 radical (unpaired) electrons. The van der Waals surface area contributed by atoms with E-state index in [0.29, 0.717) is 45.2 Å². The summed E-state index contributed by atoms with van der Waals surface area (Å²) in [6, 6.07) is 17.8. The summed E-state index contributed by atoms with van der Waals surface area (Å²) >= 11 is 0. The molecule has 0 saturated carbocycles. The first-order valence-corrected chi connectivity index (χ1v) is 12.9. The second-order valence-corrected chi connectivity index (χ2v) is 9.89. The van der Waals surface area contributed by atoms with Crippen LogP contribution in [-0.2, 0) is 9.59 Å². The maximum atomic E-state index is 13.0. The second kappa shape index (κ2) is 9.77. The van der Waals surface area contributed by atoms with E-state index in [0.717, 1.165) is 40.9 Å². The largest absolute Gasteiger partial charge is 0.422 e. The number of carbonyl (C=O) groups excluding carboxylic acids is 2. The second-order valence-electron chi connectivity index (χ2n) is 9.89. The maximum Gasteiger partial charge on any atom is 0.344 e. The Balaban J connectivity index is 1.56. The van der Waals surface area contributed by atoms with E-state index >= 15 is 0 Å². The highest BCUT2D eigenvalue weighted by Crippen LogP contribution is 2.29. The Labute approximate surface area is 217 Å². The normalized spacial score (nSPS) is 15.6. The van der Waals surface area contributed by atoms with Crippen molar-refractivity contribution in [2.75, 3.05) is 10.6 Å². The summed E-state index contributed by atoms with van der Waals surface area (Å²) in [4.78, 5) is 25.8. The van der Waals surface area contributed by atoms with E-state index in [2.05, 4.69) is 38.3 Å². The summed E-state index contributed by atoms with van der Waals surface area (Å²) in [6.07, 6.45) is 2.03. The van der Waals surface area contributed by atoms with Crippen molar-refractivity contribution < 1.29 is 19.1 Å². The van der Waals surface area contributed by atoms with Crippen LogP contribution in [0.4, 0.5) is 11.4 Å². The Morgan fingerprint density at radius 2 is 1.22 bits per heavy atom. The average Bonchev–Trinajstić information content (AvgIpc) is 3.37. The van der Waals surface area contributed by atoms with Crippen LogP contribution in [-0.4, -0.2) is 24.0 Å². The Bertz CT molecular complexity index is 1520. The minimum absolute atomic E-state index is 0.351. The van der Waals surface area contributed by atoms with Crippen molar-refractivity contribution >= 4 is 34.5 Å². The van der Waals surface area contributed by atoms with Crippen molar-refractivity contribution in [1.82, 2.24) is 0 Å². The molecule has 5 rings (SSSR count). The van der Waals surface area contributed by atoms with Gasteiger partial charge in [0.15, 0.2) is 0 Å². The molecular formula is C31H32N2O4. The Morgan fingerprint density at radius 3 is 1.76 bits per heavy atom. The first kappa shape index (κ1) is 24.6. The number of esters is 2. The third-order valence-corrected chi connectivity index (χ3v) is 7.16. The van der Waals surface area contributed by atoms with Gasteiger partial charge in [-0.15, -0.1) is 0 Å². The summed E-state index contributed by atoms with van der Waals surface area (Å²) in [7, 11) is 0. The van der Waals surface area contributed by atoms with Gasteiger partial charge in [0.25, 0.3) is 0 Å². The summed E-state index contributed by atoms with van der Waals surface area (Å²) in [6.45, 7) is 10.5. The van der Waals surface area contributed by atoms with Gasteiger partial charge in [0.1, 0.15) is 11.5 Å². The molecule has 0 aliphatic carbocycles. The van der Waals surface area contributed by atoms with Crippen molar-refractivity contribution in [1.29, 1.82) is 0 Å². The number of hydrogen-bond acceptors (Lipinski definition) is 6. The molecule has 0 bridgehead atoms. The molecule has 6 heteroatoms. The van der Waals surface area contributed by atoms with Crippen LogP contribution in [0.25, 0.3) is 11.1 Å². The van der Waals surface area contributed by atoms with Crippen LogP contribution in [0.1, 0.15) is 57.2 Å². The van der Waals surface area contributed by atoms with Crippen LogP contribution in [0, 0.1) is 6.92 Å². The molecule has 0 spiro atoms. The van der Waals surface area contributed by atoms with Gasteiger partial charge in [-0.1, -0.05) is 32.0 Å². The number of benzene rings is 3. The zero-order valence-electron chi connectivity index (χ0n) is 21.9. The molecule has 2 aliphatic heterocycles. The minimum atomic E-state index is -0.412. The van der Waals surface area contributed by atoms with Gasteiger partial charge in [-0.05, 0) is 86.7 Å².